The van der Waals surface area contributed by atoms with Gasteiger partial charge in [0.15, 0.2) is 0 Å². The Morgan fingerprint density at radius 2 is 2.00 bits per heavy atom. The predicted octanol–water partition coefficient (Wildman–Crippen LogP) is 2.73. The van der Waals surface area contributed by atoms with Gasteiger partial charge in [-0.1, -0.05) is 30.3 Å². The van der Waals surface area contributed by atoms with Gasteiger partial charge in [0.25, 0.3) is 0 Å². The van der Waals surface area contributed by atoms with Crippen molar-refractivity contribution in [1.29, 1.82) is 0 Å². The molecular formula is C16H17NO3. The number of benzene rings is 1. The lowest BCUT2D eigenvalue weighted by Crippen LogP contribution is -2.14. The zero-order valence-corrected chi connectivity index (χ0v) is 11.3. The molecule has 0 saturated heterocycles. The van der Waals surface area contributed by atoms with Gasteiger partial charge in [-0.25, -0.2) is 4.79 Å². The Bertz CT molecular complexity index is 599. The Morgan fingerprint density at radius 1 is 1.25 bits per heavy atom. The molecule has 4 heteroatoms. The highest BCUT2D eigenvalue weighted by atomic mass is 16.5. The molecule has 0 bridgehead atoms. The van der Waals surface area contributed by atoms with Gasteiger partial charge in [0.05, 0.1) is 6.61 Å². The van der Waals surface area contributed by atoms with E-state index in [0.29, 0.717) is 18.8 Å². The van der Waals surface area contributed by atoms with Gasteiger partial charge in [0.1, 0.15) is 17.2 Å². The molecule has 1 heterocycles. The number of hydrogen-bond acceptors (Lipinski definition) is 4. The Kier molecular flexibility index (Phi) is 4.60. The molecule has 2 aromatic rings. The van der Waals surface area contributed by atoms with Crippen molar-refractivity contribution >= 4 is 12.0 Å². The normalized spacial score (nSPS) is 11.3. The maximum Gasteiger partial charge on any atom is 0.354 e. The summed E-state index contributed by atoms with van der Waals surface area (Å²) in [7, 11) is 0. The minimum atomic E-state index is -0.534. The molecule has 104 valence electrons. The van der Waals surface area contributed by atoms with E-state index in [-0.39, 0.29) is 5.70 Å². The van der Waals surface area contributed by atoms with Crippen LogP contribution in [-0.4, -0.2) is 12.6 Å². The van der Waals surface area contributed by atoms with Crippen LogP contribution in [0.5, 0.6) is 0 Å². The maximum atomic E-state index is 11.4. The van der Waals surface area contributed by atoms with Gasteiger partial charge >= 0.3 is 5.97 Å². The quantitative estimate of drug-likeness (QED) is 0.670. The van der Waals surface area contributed by atoms with Crippen LogP contribution in [0, 0.1) is 0 Å². The first-order valence-electron chi connectivity index (χ1n) is 6.46. The van der Waals surface area contributed by atoms with Crippen LogP contribution in [0.25, 0.3) is 6.08 Å². The summed E-state index contributed by atoms with van der Waals surface area (Å²) in [6, 6.07) is 13.7. The highest BCUT2D eigenvalue weighted by Crippen LogP contribution is 2.15. The summed E-state index contributed by atoms with van der Waals surface area (Å²) in [6.45, 7) is 2.03. The second-order valence-electron chi connectivity index (χ2n) is 4.29. The van der Waals surface area contributed by atoms with Gasteiger partial charge in [-0.05, 0) is 24.6 Å². The molecule has 0 unspecified atom stereocenters. The molecule has 4 nitrogen and oxygen atoms in total. The SMILES string of the molecule is CCOC(=O)/C(N)=C/c1ccc(Cc2ccccc2)o1. The number of hydrogen-bond donors (Lipinski definition) is 1. The van der Waals surface area contributed by atoms with Crippen molar-refractivity contribution in [3.63, 3.8) is 0 Å². The zero-order valence-electron chi connectivity index (χ0n) is 11.3. The Hall–Kier alpha value is -2.49. The number of furan rings is 1. The lowest BCUT2D eigenvalue weighted by atomic mass is 10.1. The lowest BCUT2D eigenvalue weighted by Gasteiger charge is -2.00. The van der Waals surface area contributed by atoms with Gasteiger partial charge in [-0.15, -0.1) is 0 Å². The van der Waals surface area contributed by atoms with E-state index in [1.807, 2.05) is 36.4 Å². The van der Waals surface area contributed by atoms with E-state index in [9.17, 15) is 4.79 Å². The molecule has 1 aromatic carbocycles. The fraction of sp³-hybridized carbons (Fsp3) is 0.188. The van der Waals surface area contributed by atoms with Crippen LogP contribution in [0.3, 0.4) is 0 Å². The maximum absolute atomic E-state index is 11.4. The molecular weight excluding hydrogens is 254 g/mol. The van der Waals surface area contributed by atoms with Crippen molar-refractivity contribution in [2.24, 2.45) is 5.73 Å². The first kappa shape index (κ1) is 13.9. The highest BCUT2D eigenvalue weighted by Gasteiger charge is 2.08. The van der Waals surface area contributed by atoms with Gasteiger partial charge in [0.2, 0.25) is 0 Å². The van der Waals surface area contributed by atoms with Crippen LogP contribution in [0.1, 0.15) is 24.0 Å². The largest absolute Gasteiger partial charge is 0.461 e. The molecule has 0 aliphatic rings. The fourth-order valence-electron chi connectivity index (χ4n) is 1.79. The molecule has 2 N–H and O–H groups in total. The number of ether oxygens (including phenoxy) is 1. The highest BCUT2D eigenvalue weighted by molar-refractivity contribution is 5.92. The number of nitrogens with two attached hydrogens (primary N) is 1. The minimum absolute atomic E-state index is 0.0347. The van der Waals surface area contributed by atoms with E-state index in [1.165, 1.54) is 6.08 Å². The molecule has 0 amide bonds. The van der Waals surface area contributed by atoms with Gasteiger partial charge in [0, 0.05) is 12.5 Å². The second kappa shape index (κ2) is 6.61. The number of carbonyl (C=O) groups excluding carboxylic acids is 1. The molecule has 0 saturated carbocycles. The third kappa shape index (κ3) is 3.75. The van der Waals surface area contributed by atoms with Crippen LogP contribution in [0.15, 0.2) is 52.6 Å². The number of rotatable bonds is 5. The molecule has 0 atom stereocenters. The monoisotopic (exact) mass is 271 g/mol. The summed E-state index contributed by atoms with van der Waals surface area (Å²) in [6.07, 6.45) is 2.18. The first-order chi connectivity index (χ1) is 9.69. The van der Waals surface area contributed by atoms with Crippen LogP contribution < -0.4 is 5.73 Å². The van der Waals surface area contributed by atoms with Gasteiger partial charge in [-0.2, -0.15) is 0 Å². The van der Waals surface area contributed by atoms with Crippen molar-refractivity contribution in [2.75, 3.05) is 6.61 Å². The molecule has 1 aromatic heterocycles. The molecule has 2 rings (SSSR count). The second-order valence-corrected chi connectivity index (χ2v) is 4.29. The Balaban J connectivity index is 2.06. The Labute approximate surface area is 117 Å². The van der Waals surface area contributed by atoms with E-state index in [2.05, 4.69) is 0 Å². The summed E-state index contributed by atoms with van der Waals surface area (Å²) in [5.41, 5.74) is 6.82. The van der Waals surface area contributed by atoms with Crippen molar-refractivity contribution in [3.05, 3.63) is 65.2 Å². The van der Waals surface area contributed by atoms with Gasteiger partial charge in [-0.3, -0.25) is 0 Å². The zero-order chi connectivity index (χ0) is 14.4. The van der Waals surface area contributed by atoms with Crippen molar-refractivity contribution in [3.8, 4) is 0 Å². The average Bonchev–Trinajstić information content (AvgIpc) is 2.87. The number of carbonyl (C=O) groups is 1. The van der Waals surface area contributed by atoms with Gasteiger partial charge < -0.3 is 14.9 Å². The van der Waals surface area contributed by atoms with Crippen LogP contribution >= 0.6 is 0 Å². The molecule has 0 aliphatic heterocycles. The standard InChI is InChI=1S/C16H17NO3/c1-2-19-16(18)15(17)11-14-9-8-13(20-14)10-12-6-4-3-5-7-12/h3-9,11H,2,10,17H2,1H3/b15-11-. The third-order valence-corrected chi connectivity index (χ3v) is 2.71. The number of esters is 1. The molecule has 0 aliphatic carbocycles. The summed E-state index contributed by atoms with van der Waals surface area (Å²) in [5, 5.41) is 0. The van der Waals surface area contributed by atoms with Crippen molar-refractivity contribution in [2.45, 2.75) is 13.3 Å². The van der Waals surface area contributed by atoms with Crippen molar-refractivity contribution < 1.29 is 13.9 Å². The minimum Gasteiger partial charge on any atom is -0.461 e. The lowest BCUT2D eigenvalue weighted by molar-refractivity contribution is -0.138. The first-order valence-corrected chi connectivity index (χ1v) is 6.46. The van der Waals surface area contributed by atoms with Crippen LogP contribution in [0.2, 0.25) is 0 Å². The Morgan fingerprint density at radius 3 is 2.70 bits per heavy atom. The topological polar surface area (TPSA) is 65.5 Å². The van der Waals surface area contributed by atoms with Crippen LogP contribution in [-0.2, 0) is 16.0 Å². The van der Waals surface area contributed by atoms with E-state index in [4.69, 9.17) is 14.9 Å². The van der Waals surface area contributed by atoms with E-state index in [0.717, 1.165) is 11.3 Å². The van der Waals surface area contributed by atoms with E-state index in [1.54, 1.807) is 13.0 Å². The molecule has 0 fully saturated rings. The summed E-state index contributed by atoms with van der Waals surface area (Å²) in [4.78, 5) is 11.4. The smallest absolute Gasteiger partial charge is 0.354 e. The summed E-state index contributed by atoms with van der Waals surface area (Å²) in [5.74, 6) is 0.828. The fourth-order valence-corrected chi connectivity index (χ4v) is 1.79. The summed E-state index contributed by atoms with van der Waals surface area (Å²) >= 11 is 0. The predicted molar refractivity (Wildman–Crippen MR) is 76.8 cm³/mol. The average molecular weight is 271 g/mol. The summed E-state index contributed by atoms with van der Waals surface area (Å²) < 4.78 is 10.4. The molecule has 20 heavy (non-hydrogen) atoms. The third-order valence-electron chi connectivity index (χ3n) is 2.71. The van der Waals surface area contributed by atoms with E-state index >= 15 is 0 Å². The van der Waals surface area contributed by atoms with E-state index < -0.39 is 5.97 Å². The molecule has 0 spiro atoms. The molecule has 0 radical (unpaired) electrons. The van der Waals surface area contributed by atoms with Crippen molar-refractivity contribution in [1.82, 2.24) is 0 Å². The van der Waals surface area contributed by atoms with Crippen LogP contribution in [0.4, 0.5) is 0 Å².